The minimum absolute atomic E-state index is 0.615. The highest BCUT2D eigenvalue weighted by atomic mass is 16.5. The van der Waals surface area contributed by atoms with Gasteiger partial charge in [0.2, 0.25) is 0 Å². The molecule has 0 atom stereocenters. The van der Waals surface area contributed by atoms with E-state index >= 15 is 0 Å². The molecule has 1 heterocycles. The van der Waals surface area contributed by atoms with Gasteiger partial charge in [-0.1, -0.05) is 12.1 Å². The number of hydrogen-bond donors (Lipinski definition) is 2. The highest BCUT2D eigenvalue weighted by Crippen LogP contribution is 1.92. The Bertz CT molecular complexity index is 319. The zero-order valence-corrected chi connectivity index (χ0v) is 11.9. The van der Waals surface area contributed by atoms with Gasteiger partial charge in [0, 0.05) is 19.3 Å². The third-order valence-corrected chi connectivity index (χ3v) is 2.45. The summed E-state index contributed by atoms with van der Waals surface area (Å²) < 4.78 is 12.6. The van der Waals surface area contributed by atoms with E-state index in [1.807, 2.05) is 13.2 Å². The Hall–Kier alpha value is -1.02. The van der Waals surface area contributed by atoms with Crippen molar-refractivity contribution in [2.45, 2.75) is 20.0 Å². The number of rotatable bonds is 12. The fraction of sp³-hybridized carbons (Fsp3) is 0.833. The fourth-order valence-corrected chi connectivity index (χ4v) is 1.51. The van der Waals surface area contributed by atoms with E-state index < -0.39 is 0 Å². The second kappa shape index (κ2) is 10.9. The number of hydrogen-bond acceptors (Lipinski definition) is 6. The summed E-state index contributed by atoms with van der Waals surface area (Å²) in [4.78, 5) is 0. The molecule has 0 saturated heterocycles. The topological polar surface area (TPSA) is 73.2 Å². The third-order valence-electron chi connectivity index (χ3n) is 2.45. The lowest BCUT2D eigenvalue weighted by Gasteiger charge is -2.06. The predicted molar refractivity (Wildman–Crippen MR) is 73.0 cm³/mol. The van der Waals surface area contributed by atoms with E-state index in [-0.39, 0.29) is 0 Å². The van der Waals surface area contributed by atoms with Crippen LogP contribution in [0.5, 0.6) is 0 Å². The van der Waals surface area contributed by atoms with Gasteiger partial charge >= 0.3 is 0 Å². The summed E-state index contributed by atoms with van der Waals surface area (Å²) in [6.07, 6.45) is 1.92. The number of likely N-dealkylation sites (N-methyl/N-ethyl adjacent to an activating group) is 1. The Kier molecular flexibility index (Phi) is 9.17. The van der Waals surface area contributed by atoms with Crippen molar-refractivity contribution in [1.82, 2.24) is 25.6 Å². The molecule has 0 fully saturated rings. The number of nitrogens with zero attached hydrogens (tertiary/aromatic N) is 3. The van der Waals surface area contributed by atoms with Crippen LogP contribution < -0.4 is 10.6 Å². The smallest absolute Gasteiger partial charge is 0.0964 e. The minimum Gasteiger partial charge on any atom is -0.378 e. The predicted octanol–water partition coefficient (Wildman–Crippen LogP) is -0.360. The lowest BCUT2D eigenvalue weighted by Crippen LogP contribution is -2.20. The molecule has 0 bridgehead atoms. The molecule has 110 valence electrons. The maximum atomic E-state index is 5.46. The van der Waals surface area contributed by atoms with Crippen molar-refractivity contribution in [3.63, 3.8) is 0 Å². The summed E-state index contributed by atoms with van der Waals surface area (Å²) in [6, 6.07) is 0. The van der Waals surface area contributed by atoms with Crippen molar-refractivity contribution in [3.8, 4) is 0 Å². The minimum atomic E-state index is 0.615. The molecule has 7 heteroatoms. The van der Waals surface area contributed by atoms with Gasteiger partial charge in [0.15, 0.2) is 0 Å². The van der Waals surface area contributed by atoms with Crippen LogP contribution in [0.25, 0.3) is 0 Å². The number of aromatic nitrogens is 3. The Labute approximate surface area is 114 Å². The standard InChI is InChI=1S/C12H25N5O2/c1-3-14-4-6-18-8-9-19-7-5-17-11-12(10-13-2)15-16-17/h11,13-14H,3-10H2,1-2H3. The van der Waals surface area contributed by atoms with Crippen molar-refractivity contribution >= 4 is 0 Å². The Morgan fingerprint density at radius 2 is 2.00 bits per heavy atom. The summed E-state index contributed by atoms with van der Waals surface area (Å²) in [7, 11) is 1.89. The molecule has 7 nitrogen and oxygen atoms in total. The summed E-state index contributed by atoms with van der Waals surface area (Å²) in [6.45, 7) is 8.01. The van der Waals surface area contributed by atoms with Crippen LogP contribution in [-0.2, 0) is 22.6 Å². The van der Waals surface area contributed by atoms with Gasteiger partial charge in [-0.15, -0.1) is 5.10 Å². The molecular formula is C12H25N5O2. The van der Waals surface area contributed by atoms with Crippen molar-refractivity contribution in [3.05, 3.63) is 11.9 Å². The number of nitrogens with one attached hydrogen (secondary N) is 2. The van der Waals surface area contributed by atoms with E-state index in [4.69, 9.17) is 9.47 Å². The zero-order valence-electron chi connectivity index (χ0n) is 11.9. The Balaban J connectivity index is 1.92. The first-order valence-electron chi connectivity index (χ1n) is 6.76. The molecule has 2 N–H and O–H groups in total. The summed E-state index contributed by atoms with van der Waals surface area (Å²) in [5, 5.41) is 14.3. The molecule has 1 rings (SSSR count). The van der Waals surface area contributed by atoms with Crippen LogP contribution in [0.3, 0.4) is 0 Å². The van der Waals surface area contributed by atoms with Crippen molar-refractivity contribution in [1.29, 1.82) is 0 Å². The van der Waals surface area contributed by atoms with E-state index in [1.54, 1.807) is 4.68 Å². The van der Waals surface area contributed by atoms with Gasteiger partial charge in [0.25, 0.3) is 0 Å². The van der Waals surface area contributed by atoms with E-state index in [0.717, 1.165) is 31.9 Å². The molecule has 0 amide bonds. The molecule has 1 aromatic heterocycles. The Morgan fingerprint density at radius 3 is 2.74 bits per heavy atom. The van der Waals surface area contributed by atoms with Gasteiger partial charge in [-0.2, -0.15) is 0 Å². The molecule has 0 saturated carbocycles. The fourth-order valence-electron chi connectivity index (χ4n) is 1.51. The lowest BCUT2D eigenvalue weighted by atomic mass is 10.5. The van der Waals surface area contributed by atoms with Gasteiger partial charge < -0.3 is 20.1 Å². The largest absolute Gasteiger partial charge is 0.378 e. The van der Waals surface area contributed by atoms with Crippen molar-refractivity contribution in [2.75, 3.05) is 46.6 Å². The third kappa shape index (κ3) is 7.89. The van der Waals surface area contributed by atoms with Crippen LogP contribution in [0.1, 0.15) is 12.6 Å². The molecule has 0 aliphatic rings. The highest BCUT2D eigenvalue weighted by molar-refractivity contribution is 4.90. The van der Waals surface area contributed by atoms with Gasteiger partial charge in [0.1, 0.15) is 0 Å². The zero-order chi connectivity index (χ0) is 13.8. The molecule has 19 heavy (non-hydrogen) atoms. The summed E-state index contributed by atoms with van der Waals surface area (Å²) in [5.41, 5.74) is 0.939. The van der Waals surface area contributed by atoms with Crippen LogP contribution in [0, 0.1) is 0 Å². The van der Waals surface area contributed by atoms with Crippen LogP contribution in [0.2, 0.25) is 0 Å². The second-order valence-corrected chi connectivity index (χ2v) is 4.08. The quantitative estimate of drug-likeness (QED) is 0.506. The molecular weight excluding hydrogens is 246 g/mol. The SMILES string of the molecule is CCNCCOCCOCCn1cc(CNC)nn1. The van der Waals surface area contributed by atoms with E-state index in [2.05, 4.69) is 27.9 Å². The first-order valence-corrected chi connectivity index (χ1v) is 6.76. The Morgan fingerprint density at radius 1 is 1.21 bits per heavy atom. The van der Waals surface area contributed by atoms with E-state index in [1.165, 1.54) is 0 Å². The average molecular weight is 271 g/mol. The summed E-state index contributed by atoms with van der Waals surface area (Å²) in [5.74, 6) is 0. The molecule has 0 unspecified atom stereocenters. The molecule has 0 radical (unpaired) electrons. The maximum Gasteiger partial charge on any atom is 0.0964 e. The number of ether oxygens (including phenoxy) is 2. The highest BCUT2D eigenvalue weighted by Gasteiger charge is 1.99. The monoisotopic (exact) mass is 271 g/mol. The average Bonchev–Trinajstić information content (AvgIpc) is 2.85. The van der Waals surface area contributed by atoms with E-state index in [0.29, 0.717) is 26.4 Å². The van der Waals surface area contributed by atoms with Crippen molar-refractivity contribution < 1.29 is 9.47 Å². The van der Waals surface area contributed by atoms with Gasteiger partial charge in [-0.05, 0) is 13.6 Å². The maximum absolute atomic E-state index is 5.46. The first-order chi connectivity index (χ1) is 9.36. The van der Waals surface area contributed by atoms with Gasteiger partial charge in [0.05, 0.1) is 38.7 Å². The molecule has 0 spiro atoms. The normalized spacial score (nSPS) is 11.1. The first kappa shape index (κ1) is 16.0. The van der Waals surface area contributed by atoms with Crippen molar-refractivity contribution in [2.24, 2.45) is 0 Å². The lowest BCUT2D eigenvalue weighted by molar-refractivity contribution is 0.0450. The van der Waals surface area contributed by atoms with Crippen LogP contribution in [0.4, 0.5) is 0 Å². The second-order valence-electron chi connectivity index (χ2n) is 4.08. The molecule has 0 aromatic carbocycles. The van der Waals surface area contributed by atoms with Crippen LogP contribution >= 0.6 is 0 Å². The van der Waals surface area contributed by atoms with E-state index in [9.17, 15) is 0 Å². The van der Waals surface area contributed by atoms with Gasteiger partial charge in [-0.3, -0.25) is 0 Å². The van der Waals surface area contributed by atoms with Crippen LogP contribution in [-0.4, -0.2) is 61.6 Å². The van der Waals surface area contributed by atoms with Crippen LogP contribution in [0.15, 0.2) is 6.20 Å². The summed E-state index contributed by atoms with van der Waals surface area (Å²) >= 11 is 0. The molecule has 1 aromatic rings. The van der Waals surface area contributed by atoms with Gasteiger partial charge in [-0.25, -0.2) is 4.68 Å². The molecule has 0 aliphatic carbocycles. The molecule has 0 aliphatic heterocycles.